The lowest BCUT2D eigenvalue weighted by molar-refractivity contribution is -0.385. The van der Waals surface area contributed by atoms with Gasteiger partial charge in [0.25, 0.3) is 11.6 Å². The van der Waals surface area contributed by atoms with E-state index in [0.717, 1.165) is 6.20 Å². The molecular weight excluding hydrogens is 264 g/mol. The average Bonchev–Trinajstić information content (AvgIpc) is 2.91. The number of nitrogens with two attached hydrogens (primary N) is 1. The minimum absolute atomic E-state index is 0.0479. The van der Waals surface area contributed by atoms with Gasteiger partial charge >= 0.3 is 0 Å². The van der Waals surface area contributed by atoms with Crippen LogP contribution in [0.4, 0.5) is 11.5 Å². The van der Waals surface area contributed by atoms with Crippen molar-refractivity contribution in [1.82, 2.24) is 20.3 Å². The summed E-state index contributed by atoms with van der Waals surface area (Å²) in [4.78, 5) is 32.6. The molecule has 0 spiro atoms. The Hall–Kier alpha value is -2.97. The van der Waals surface area contributed by atoms with Gasteiger partial charge < -0.3 is 16.0 Å². The number of rotatable bonds is 5. The number of hydrogen-bond acceptors (Lipinski definition) is 6. The zero-order valence-corrected chi connectivity index (χ0v) is 10.4. The van der Waals surface area contributed by atoms with Gasteiger partial charge in [-0.05, 0) is 6.07 Å². The van der Waals surface area contributed by atoms with Crippen molar-refractivity contribution in [1.29, 1.82) is 0 Å². The summed E-state index contributed by atoms with van der Waals surface area (Å²) < 4.78 is 0. The molecule has 0 unspecified atom stereocenters. The third kappa shape index (κ3) is 3.07. The van der Waals surface area contributed by atoms with Gasteiger partial charge in [-0.15, -0.1) is 0 Å². The molecule has 2 rings (SSSR count). The van der Waals surface area contributed by atoms with Gasteiger partial charge in [-0.25, -0.2) is 9.97 Å². The number of aromatic nitrogens is 3. The molecule has 104 valence electrons. The topological polar surface area (TPSA) is 140 Å². The lowest BCUT2D eigenvalue weighted by Gasteiger charge is -2.05. The zero-order valence-electron chi connectivity index (χ0n) is 10.4. The number of aromatic amines is 1. The maximum absolute atomic E-state index is 11.9. The number of pyridine rings is 1. The van der Waals surface area contributed by atoms with E-state index in [0.29, 0.717) is 18.8 Å². The minimum atomic E-state index is -0.673. The number of nitrogens with zero attached hydrogens (tertiary/aromatic N) is 3. The Balaban J connectivity index is 2.05. The Kier molecular flexibility index (Phi) is 3.89. The molecule has 0 saturated heterocycles. The summed E-state index contributed by atoms with van der Waals surface area (Å²) in [6, 6.07) is 1.18. The minimum Gasteiger partial charge on any atom is -0.384 e. The molecule has 0 radical (unpaired) electrons. The SMILES string of the molecule is Nc1cc(C(=O)NCCc2ncc[nH]2)c([N+](=O)[O-])cn1. The van der Waals surface area contributed by atoms with Crippen molar-refractivity contribution in [2.45, 2.75) is 6.42 Å². The fourth-order valence-electron chi connectivity index (χ4n) is 1.62. The van der Waals surface area contributed by atoms with Crippen molar-refractivity contribution in [3.05, 3.63) is 46.2 Å². The van der Waals surface area contributed by atoms with Crippen LogP contribution in [0.15, 0.2) is 24.7 Å². The second-order valence-electron chi connectivity index (χ2n) is 3.93. The average molecular weight is 276 g/mol. The Morgan fingerprint density at radius 3 is 2.95 bits per heavy atom. The lowest BCUT2D eigenvalue weighted by atomic mass is 10.2. The van der Waals surface area contributed by atoms with Gasteiger partial charge in [0, 0.05) is 25.4 Å². The van der Waals surface area contributed by atoms with E-state index in [1.54, 1.807) is 12.4 Å². The zero-order chi connectivity index (χ0) is 14.5. The van der Waals surface area contributed by atoms with Crippen molar-refractivity contribution >= 4 is 17.4 Å². The quantitative estimate of drug-likeness (QED) is 0.528. The molecule has 2 aromatic heterocycles. The first kappa shape index (κ1) is 13.5. The molecule has 1 amide bonds. The molecule has 2 aromatic rings. The first-order valence-corrected chi connectivity index (χ1v) is 5.74. The van der Waals surface area contributed by atoms with E-state index in [4.69, 9.17) is 5.73 Å². The van der Waals surface area contributed by atoms with E-state index < -0.39 is 10.8 Å². The third-order valence-corrected chi connectivity index (χ3v) is 2.55. The standard InChI is InChI=1S/C11H12N6O3/c12-9-5-7(8(6-16-9)17(19)20)11(18)15-2-1-10-13-3-4-14-10/h3-6H,1-2H2,(H2,12,16)(H,13,14)(H,15,18). The van der Waals surface area contributed by atoms with Crippen LogP contribution in [0.5, 0.6) is 0 Å². The maximum atomic E-state index is 11.9. The molecule has 0 aliphatic carbocycles. The third-order valence-electron chi connectivity index (χ3n) is 2.55. The number of amides is 1. The maximum Gasteiger partial charge on any atom is 0.300 e. The van der Waals surface area contributed by atoms with E-state index in [9.17, 15) is 14.9 Å². The molecule has 9 heteroatoms. The number of carbonyl (C=O) groups is 1. The summed E-state index contributed by atoms with van der Waals surface area (Å²) in [6.45, 7) is 0.297. The Bertz CT molecular complexity index is 625. The first-order valence-electron chi connectivity index (χ1n) is 5.74. The van der Waals surface area contributed by atoms with Gasteiger partial charge in [-0.3, -0.25) is 14.9 Å². The molecular formula is C11H12N6O3. The number of carbonyl (C=O) groups excluding carboxylic acids is 1. The molecule has 20 heavy (non-hydrogen) atoms. The number of H-pyrrole nitrogens is 1. The Morgan fingerprint density at radius 2 is 2.30 bits per heavy atom. The summed E-state index contributed by atoms with van der Waals surface area (Å²) in [5.74, 6) is 0.193. The molecule has 0 bridgehead atoms. The van der Waals surface area contributed by atoms with Gasteiger partial charge in [0.1, 0.15) is 23.4 Å². The van der Waals surface area contributed by atoms with Gasteiger partial charge in [-0.2, -0.15) is 0 Å². The fraction of sp³-hybridized carbons (Fsp3) is 0.182. The number of nitro groups is 1. The predicted molar refractivity (Wildman–Crippen MR) is 69.9 cm³/mol. The van der Waals surface area contributed by atoms with E-state index in [1.165, 1.54) is 6.07 Å². The Labute approximate surface area is 113 Å². The van der Waals surface area contributed by atoms with Gasteiger partial charge in [0.15, 0.2) is 0 Å². The number of hydrogen-bond donors (Lipinski definition) is 3. The summed E-state index contributed by atoms with van der Waals surface area (Å²) in [5.41, 5.74) is 4.95. The molecule has 0 aliphatic heterocycles. The highest BCUT2D eigenvalue weighted by Gasteiger charge is 2.20. The highest BCUT2D eigenvalue weighted by atomic mass is 16.6. The number of anilines is 1. The van der Waals surface area contributed by atoms with Gasteiger partial charge in [-0.1, -0.05) is 0 Å². The summed E-state index contributed by atoms with van der Waals surface area (Å²) in [6.07, 6.45) is 4.74. The van der Waals surface area contributed by atoms with Crippen molar-refractivity contribution in [2.24, 2.45) is 0 Å². The van der Waals surface area contributed by atoms with Gasteiger partial charge in [0.05, 0.1) is 4.92 Å². The molecule has 0 aliphatic rings. The van der Waals surface area contributed by atoms with E-state index in [1.807, 2.05) is 0 Å². The van der Waals surface area contributed by atoms with Crippen molar-refractivity contribution in [2.75, 3.05) is 12.3 Å². The van der Waals surface area contributed by atoms with Crippen molar-refractivity contribution in [3.8, 4) is 0 Å². The predicted octanol–water partition coefficient (Wildman–Crippen LogP) is 0.268. The largest absolute Gasteiger partial charge is 0.384 e. The van der Waals surface area contributed by atoms with Crippen LogP contribution in [0.2, 0.25) is 0 Å². The Morgan fingerprint density at radius 1 is 1.50 bits per heavy atom. The molecule has 0 fully saturated rings. The molecule has 0 saturated carbocycles. The van der Waals surface area contributed by atoms with Crippen molar-refractivity contribution in [3.63, 3.8) is 0 Å². The van der Waals surface area contributed by atoms with Gasteiger partial charge in [0.2, 0.25) is 0 Å². The molecule has 4 N–H and O–H groups in total. The molecule has 9 nitrogen and oxygen atoms in total. The van der Waals surface area contributed by atoms with Crippen LogP contribution in [0, 0.1) is 10.1 Å². The van der Waals surface area contributed by atoms with Crippen LogP contribution >= 0.6 is 0 Å². The number of nitrogen functional groups attached to an aromatic ring is 1. The van der Waals surface area contributed by atoms with Crippen LogP contribution in [0.25, 0.3) is 0 Å². The van der Waals surface area contributed by atoms with Crippen LogP contribution in [0.1, 0.15) is 16.2 Å². The molecule has 2 heterocycles. The van der Waals surface area contributed by atoms with E-state index >= 15 is 0 Å². The second kappa shape index (κ2) is 5.78. The highest BCUT2D eigenvalue weighted by molar-refractivity contribution is 5.98. The second-order valence-corrected chi connectivity index (χ2v) is 3.93. The molecule has 0 aromatic carbocycles. The van der Waals surface area contributed by atoms with E-state index in [2.05, 4.69) is 20.3 Å². The number of nitrogens with one attached hydrogen (secondary N) is 2. The summed E-state index contributed by atoms with van der Waals surface area (Å²) in [7, 11) is 0. The molecule has 0 atom stereocenters. The van der Waals surface area contributed by atoms with Crippen LogP contribution < -0.4 is 11.1 Å². The van der Waals surface area contributed by atoms with E-state index in [-0.39, 0.29) is 17.1 Å². The smallest absolute Gasteiger partial charge is 0.300 e. The summed E-state index contributed by atoms with van der Waals surface area (Å²) in [5, 5.41) is 13.4. The first-order chi connectivity index (χ1) is 9.58. The monoisotopic (exact) mass is 276 g/mol. The van der Waals surface area contributed by atoms with Crippen LogP contribution in [-0.4, -0.2) is 32.3 Å². The lowest BCUT2D eigenvalue weighted by Crippen LogP contribution is -2.27. The van der Waals surface area contributed by atoms with Crippen LogP contribution in [-0.2, 0) is 6.42 Å². The van der Waals surface area contributed by atoms with Crippen molar-refractivity contribution < 1.29 is 9.72 Å². The number of imidazole rings is 1. The normalized spacial score (nSPS) is 10.2. The highest BCUT2D eigenvalue weighted by Crippen LogP contribution is 2.18. The fourth-order valence-corrected chi connectivity index (χ4v) is 1.62. The van der Waals surface area contributed by atoms with Crippen LogP contribution in [0.3, 0.4) is 0 Å². The summed E-state index contributed by atoms with van der Waals surface area (Å²) >= 11 is 0.